The van der Waals surface area contributed by atoms with Crippen LogP contribution < -0.4 is 5.56 Å². The average Bonchev–Trinajstić information content (AvgIpc) is 3.00. The van der Waals surface area contributed by atoms with Crippen LogP contribution in [0.25, 0.3) is 10.9 Å². The van der Waals surface area contributed by atoms with E-state index in [2.05, 4.69) is 29.0 Å². The number of likely N-dealkylation sites (N-methyl/N-ethyl adjacent to an activating group) is 1. The molecule has 2 aromatic heterocycles. The van der Waals surface area contributed by atoms with Gasteiger partial charge in [0.15, 0.2) is 5.69 Å². The number of pyridine rings is 1. The van der Waals surface area contributed by atoms with Gasteiger partial charge in [0.2, 0.25) is 5.88 Å². The number of carbonyl (C=O) groups is 1. The summed E-state index contributed by atoms with van der Waals surface area (Å²) >= 11 is 0. The Hall–Kier alpha value is -3.26. The Bertz CT molecular complexity index is 1080. The van der Waals surface area contributed by atoms with Crippen molar-refractivity contribution < 1.29 is 9.90 Å². The molecule has 0 fully saturated rings. The average molecular weight is 395 g/mol. The molecule has 1 amide bonds. The molecule has 0 unspecified atom stereocenters. The molecule has 0 radical (unpaired) electrons. The van der Waals surface area contributed by atoms with Gasteiger partial charge in [-0.05, 0) is 25.2 Å². The van der Waals surface area contributed by atoms with Crippen LogP contribution in [0.5, 0.6) is 5.88 Å². The Morgan fingerprint density at radius 1 is 1.10 bits per heavy atom. The first-order valence-electron chi connectivity index (χ1n) is 9.67. The number of nitrogens with zero attached hydrogens (tertiary/aromatic N) is 5. The van der Waals surface area contributed by atoms with Crippen molar-refractivity contribution in [3.63, 3.8) is 0 Å². The number of para-hydroxylation sites is 1. The molecule has 0 atom stereocenters. The topological polar surface area (TPSA) is 92.2 Å². The predicted octanol–water partition coefficient (Wildman–Crippen LogP) is 3.16. The normalized spacial score (nSPS) is 11.7. The molecule has 8 nitrogen and oxygen atoms in total. The van der Waals surface area contributed by atoms with Gasteiger partial charge >= 0.3 is 0 Å². The van der Waals surface area contributed by atoms with Gasteiger partial charge in [0.05, 0.1) is 5.52 Å². The lowest BCUT2D eigenvalue weighted by Crippen LogP contribution is -2.26. The van der Waals surface area contributed by atoms with Gasteiger partial charge in [0.25, 0.3) is 11.5 Å². The number of fused-ring (bicyclic) bond motifs is 1. The number of azo groups is 1. The zero-order valence-electron chi connectivity index (χ0n) is 16.7. The van der Waals surface area contributed by atoms with Gasteiger partial charge in [-0.15, -0.1) is 10.2 Å². The Kier molecular flexibility index (Phi) is 6.56. The fraction of sp³-hybridized carbons (Fsp3) is 0.333. The van der Waals surface area contributed by atoms with Gasteiger partial charge in [0.1, 0.15) is 6.54 Å². The second-order valence-electron chi connectivity index (χ2n) is 6.63. The van der Waals surface area contributed by atoms with E-state index in [1.165, 1.54) is 16.8 Å². The van der Waals surface area contributed by atoms with Crippen molar-refractivity contribution in [3.05, 3.63) is 59.0 Å². The first-order chi connectivity index (χ1) is 14.0. The highest BCUT2D eigenvalue weighted by Crippen LogP contribution is 2.38. The smallest absolute Gasteiger partial charge is 0.284 e. The number of rotatable bonds is 8. The van der Waals surface area contributed by atoms with Crippen LogP contribution in [0.15, 0.2) is 63.7 Å². The largest absolute Gasteiger partial charge is 0.493 e. The van der Waals surface area contributed by atoms with Crippen LogP contribution in [0.3, 0.4) is 0 Å². The van der Waals surface area contributed by atoms with Crippen LogP contribution >= 0.6 is 0 Å². The molecule has 29 heavy (non-hydrogen) atoms. The summed E-state index contributed by atoms with van der Waals surface area (Å²) in [7, 11) is 0. The molecule has 2 heterocycles. The van der Waals surface area contributed by atoms with Crippen LogP contribution in [-0.4, -0.2) is 44.7 Å². The third-order valence-electron chi connectivity index (χ3n) is 4.92. The van der Waals surface area contributed by atoms with Crippen molar-refractivity contribution in [2.24, 2.45) is 10.2 Å². The first-order valence-corrected chi connectivity index (χ1v) is 9.67. The molecule has 0 spiro atoms. The van der Waals surface area contributed by atoms with Gasteiger partial charge in [-0.1, -0.05) is 38.1 Å². The summed E-state index contributed by atoms with van der Waals surface area (Å²) in [6, 6.07) is 12.1. The molecule has 0 aliphatic rings. The summed E-state index contributed by atoms with van der Waals surface area (Å²) in [6.45, 7) is 7.22. The lowest BCUT2D eigenvalue weighted by Gasteiger charge is -2.18. The fourth-order valence-corrected chi connectivity index (χ4v) is 3.25. The van der Waals surface area contributed by atoms with E-state index in [1.807, 2.05) is 24.3 Å². The van der Waals surface area contributed by atoms with Crippen molar-refractivity contribution in [2.45, 2.75) is 26.9 Å². The zero-order chi connectivity index (χ0) is 20.8. The van der Waals surface area contributed by atoms with Crippen molar-refractivity contribution in [3.8, 4) is 5.88 Å². The van der Waals surface area contributed by atoms with Gasteiger partial charge in [-0.3, -0.25) is 9.59 Å². The van der Waals surface area contributed by atoms with Crippen molar-refractivity contribution in [1.29, 1.82) is 0 Å². The van der Waals surface area contributed by atoms with Gasteiger partial charge in [0, 0.05) is 30.7 Å². The van der Waals surface area contributed by atoms with E-state index in [9.17, 15) is 14.7 Å². The summed E-state index contributed by atoms with van der Waals surface area (Å²) in [5.74, 6) is -0.593. The molecule has 0 aliphatic heterocycles. The van der Waals surface area contributed by atoms with Crippen LogP contribution in [0.2, 0.25) is 0 Å². The van der Waals surface area contributed by atoms with Crippen LogP contribution in [0.4, 0.5) is 5.69 Å². The number of benzene rings is 1. The number of aromatic hydroxyl groups is 1. The number of amides is 1. The molecule has 0 bridgehead atoms. The maximum Gasteiger partial charge on any atom is 0.284 e. The zero-order valence-corrected chi connectivity index (χ0v) is 16.7. The van der Waals surface area contributed by atoms with Gasteiger partial charge in [-0.2, -0.15) is 0 Å². The minimum Gasteiger partial charge on any atom is -0.493 e. The van der Waals surface area contributed by atoms with Crippen LogP contribution in [-0.2, 0) is 17.9 Å². The van der Waals surface area contributed by atoms with E-state index in [-0.39, 0.29) is 23.7 Å². The highest BCUT2D eigenvalue weighted by atomic mass is 16.3. The lowest BCUT2D eigenvalue weighted by atomic mass is 10.2. The van der Waals surface area contributed by atoms with E-state index >= 15 is 0 Å². The lowest BCUT2D eigenvalue weighted by molar-refractivity contribution is -0.118. The Labute approximate surface area is 168 Å². The van der Waals surface area contributed by atoms with Crippen molar-refractivity contribution >= 4 is 22.5 Å². The molecule has 3 aromatic rings. The molecule has 0 saturated carbocycles. The molecule has 3 rings (SSSR count). The highest BCUT2D eigenvalue weighted by Gasteiger charge is 2.17. The summed E-state index contributed by atoms with van der Waals surface area (Å²) in [5.41, 5.74) is 0.804. The quantitative estimate of drug-likeness (QED) is 0.593. The van der Waals surface area contributed by atoms with Gasteiger partial charge < -0.3 is 19.1 Å². The van der Waals surface area contributed by atoms with E-state index in [4.69, 9.17) is 0 Å². The minimum atomic E-state index is -0.572. The second-order valence-corrected chi connectivity index (χ2v) is 6.63. The third kappa shape index (κ3) is 4.60. The Morgan fingerprint density at radius 2 is 1.83 bits per heavy atom. The van der Waals surface area contributed by atoms with E-state index in [0.717, 1.165) is 30.5 Å². The molecule has 152 valence electrons. The monoisotopic (exact) mass is 395 g/mol. The van der Waals surface area contributed by atoms with Crippen LogP contribution in [0, 0.1) is 0 Å². The second kappa shape index (κ2) is 9.29. The maximum atomic E-state index is 12.2. The summed E-state index contributed by atoms with van der Waals surface area (Å²) in [4.78, 5) is 26.2. The summed E-state index contributed by atoms with van der Waals surface area (Å²) < 4.78 is 3.04. The molecule has 1 N–H and O–H groups in total. The fourth-order valence-electron chi connectivity index (χ4n) is 3.25. The first kappa shape index (κ1) is 20.5. The molecule has 8 heteroatoms. The molecule has 0 aliphatic carbocycles. The Morgan fingerprint density at radius 3 is 2.55 bits per heavy atom. The summed E-state index contributed by atoms with van der Waals surface area (Å²) in [5, 5.41) is 19.2. The number of hydrogen-bond acceptors (Lipinski definition) is 5. The molecular formula is C21H25N5O3. The van der Waals surface area contributed by atoms with E-state index in [0.29, 0.717) is 6.54 Å². The van der Waals surface area contributed by atoms with E-state index < -0.39 is 5.91 Å². The Balaban J connectivity index is 1.86. The maximum absolute atomic E-state index is 12.2. The summed E-state index contributed by atoms with van der Waals surface area (Å²) in [6.07, 6.45) is 1.52. The van der Waals surface area contributed by atoms with Crippen LogP contribution in [0.1, 0.15) is 13.8 Å². The van der Waals surface area contributed by atoms with Crippen molar-refractivity contribution in [2.75, 3.05) is 19.6 Å². The van der Waals surface area contributed by atoms with E-state index in [1.54, 1.807) is 16.7 Å². The SMILES string of the molecule is CCN(CC)CCn1c(O)c(N=NC(=O)Cn2ccccc2=O)c2ccccc21. The molecular weight excluding hydrogens is 370 g/mol. The highest BCUT2D eigenvalue weighted by molar-refractivity contribution is 5.95. The van der Waals surface area contributed by atoms with Crippen molar-refractivity contribution in [1.82, 2.24) is 14.0 Å². The number of hydrogen-bond donors (Lipinski definition) is 1. The molecule has 1 aromatic carbocycles. The number of carbonyl (C=O) groups excluding carboxylic acids is 1. The molecule has 0 saturated heterocycles. The number of aromatic nitrogens is 2. The third-order valence-corrected chi connectivity index (χ3v) is 4.92. The predicted molar refractivity (Wildman–Crippen MR) is 112 cm³/mol. The minimum absolute atomic E-state index is 0.0215. The van der Waals surface area contributed by atoms with Gasteiger partial charge in [-0.25, -0.2) is 0 Å². The standard InChI is InChI=1S/C21H25N5O3/c1-3-24(4-2)13-14-26-17-10-6-5-9-16(17)20(21(26)29)23-22-18(27)15-25-12-8-7-11-19(25)28/h5-12,29H,3-4,13-15H2,1-2H3.